The van der Waals surface area contributed by atoms with Gasteiger partial charge in [0.15, 0.2) is 0 Å². The van der Waals surface area contributed by atoms with Crippen LogP contribution in [0.15, 0.2) is 47.4 Å². The molecule has 0 bridgehead atoms. The van der Waals surface area contributed by atoms with Gasteiger partial charge in [0, 0.05) is 18.8 Å². The zero-order valence-corrected chi connectivity index (χ0v) is 12.7. The van der Waals surface area contributed by atoms with Gasteiger partial charge in [-0.05, 0) is 29.7 Å². The van der Waals surface area contributed by atoms with Crippen molar-refractivity contribution in [2.24, 2.45) is 18.7 Å². The number of hydrogen-bond acceptors (Lipinski definition) is 3. The molecule has 0 aliphatic heterocycles. The second-order valence-corrected chi connectivity index (χ2v) is 5.63. The molecule has 0 radical (unpaired) electrons. The zero-order chi connectivity index (χ0) is 15.4. The molecule has 0 saturated heterocycles. The van der Waals surface area contributed by atoms with Gasteiger partial charge in [-0.3, -0.25) is 4.79 Å². The summed E-state index contributed by atoms with van der Waals surface area (Å²) < 4.78 is 7.18. The molecule has 0 amide bonds. The Hall–Kier alpha value is -2.07. The van der Waals surface area contributed by atoms with E-state index in [-0.39, 0.29) is 5.56 Å². The Morgan fingerprint density at radius 3 is 2.48 bits per heavy atom. The van der Waals surface area contributed by atoms with Crippen LogP contribution >= 0.6 is 0 Å². The Balaban J connectivity index is 2.18. The van der Waals surface area contributed by atoms with Gasteiger partial charge in [-0.1, -0.05) is 32.0 Å². The number of nitrogens with two attached hydrogens (primary N) is 1. The topological polar surface area (TPSA) is 57.2 Å². The molecule has 1 aromatic carbocycles. The molecule has 1 aromatic heterocycles. The zero-order valence-electron chi connectivity index (χ0n) is 12.7. The summed E-state index contributed by atoms with van der Waals surface area (Å²) in [5, 5.41) is 0. The number of aryl methyl sites for hydroxylation is 1. The lowest BCUT2D eigenvalue weighted by Gasteiger charge is -2.14. The summed E-state index contributed by atoms with van der Waals surface area (Å²) in [5.41, 5.74) is 7.63. The van der Waals surface area contributed by atoms with E-state index in [1.54, 1.807) is 19.3 Å². The van der Waals surface area contributed by atoms with Crippen molar-refractivity contribution >= 4 is 0 Å². The fourth-order valence-corrected chi connectivity index (χ4v) is 2.07. The molecule has 0 saturated carbocycles. The first kappa shape index (κ1) is 15.3. The molecule has 1 unspecified atom stereocenters. The van der Waals surface area contributed by atoms with Crippen LogP contribution in [-0.2, 0) is 7.05 Å². The van der Waals surface area contributed by atoms with Crippen LogP contribution in [0.25, 0.3) is 0 Å². The average molecular weight is 286 g/mol. The molecule has 0 aliphatic rings. The van der Waals surface area contributed by atoms with Crippen molar-refractivity contribution in [1.82, 2.24) is 4.57 Å². The third-order valence-electron chi connectivity index (χ3n) is 3.31. The maximum absolute atomic E-state index is 12.1. The lowest BCUT2D eigenvalue weighted by atomic mass is 10.0. The Morgan fingerprint density at radius 2 is 1.86 bits per heavy atom. The van der Waals surface area contributed by atoms with Crippen LogP contribution in [-0.4, -0.2) is 11.2 Å². The summed E-state index contributed by atoms with van der Waals surface area (Å²) in [6.07, 6.45) is 1.72. The van der Waals surface area contributed by atoms with E-state index in [0.717, 1.165) is 11.3 Å². The van der Waals surface area contributed by atoms with Gasteiger partial charge >= 0.3 is 0 Å². The standard InChI is InChI=1S/C17H22N2O2/c1-12(2)11-21-14-8-6-13(7-9-14)16(18)15-5-4-10-19(3)17(15)20/h4-10,12,16H,11,18H2,1-3H3. The van der Waals surface area contributed by atoms with Gasteiger partial charge in [-0.25, -0.2) is 0 Å². The molecule has 4 heteroatoms. The first-order valence-corrected chi connectivity index (χ1v) is 7.13. The second-order valence-electron chi connectivity index (χ2n) is 5.63. The molecule has 2 N–H and O–H groups in total. The number of benzene rings is 1. The molecule has 112 valence electrons. The Labute approximate surface area is 125 Å². The van der Waals surface area contributed by atoms with Crippen LogP contribution in [0.2, 0.25) is 0 Å². The van der Waals surface area contributed by atoms with Gasteiger partial charge < -0.3 is 15.0 Å². The lowest BCUT2D eigenvalue weighted by molar-refractivity contribution is 0.271. The fourth-order valence-electron chi connectivity index (χ4n) is 2.07. The average Bonchev–Trinajstić information content (AvgIpc) is 2.48. The first-order chi connectivity index (χ1) is 9.99. The molecule has 21 heavy (non-hydrogen) atoms. The summed E-state index contributed by atoms with van der Waals surface area (Å²) >= 11 is 0. The molecule has 2 rings (SSSR count). The summed E-state index contributed by atoms with van der Waals surface area (Å²) in [6.45, 7) is 4.90. The number of ether oxygens (including phenoxy) is 1. The number of aromatic nitrogens is 1. The molecular weight excluding hydrogens is 264 g/mol. The maximum Gasteiger partial charge on any atom is 0.255 e. The van der Waals surface area contributed by atoms with Gasteiger partial charge in [-0.15, -0.1) is 0 Å². The number of rotatable bonds is 5. The second kappa shape index (κ2) is 6.59. The number of pyridine rings is 1. The summed E-state index contributed by atoms with van der Waals surface area (Å²) in [5.74, 6) is 1.31. The Kier molecular flexibility index (Phi) is 4.81. The SMILES string of the molecule is CC(C)COc1ccc(C(N)c2cccn(C)c2=O)cc1. The highest BCUT2D eigenvalue weighted by Crippen LogP contribution is 2.20. The lowest BCUT2D eigenvalue weighted by Crippen LogP contribution is -2.26. The Morgan fingerprint density at radius 1 is 1.19 bits per heavy atom. The van der Waals surface area contributed by atoms with Crippen LogP contribution in [0.1, 0.15) is 31.0 Å². The first-order valence-electron chi connectivity index (χ1n) is 7.13. The predicted octanol–water partition coefficient (Wildman–Crippen LogP) is 2.47. The van der Waals surface area contributed by atoms with Gasteiger partial charge in [0.05, 0.1) is 12.6 Å². The van der Waals surface area contributed by atoms with Crippen molar-refractivity contribution in [2.75, 3.05) is 6.61 Å². The van der Waals surface area contributed by atoms with Crippen molar-refractivity contribution < 1.29 is 4.74 Å². The Bertz CT molecular complexity index is 645. The van der Waals surface area contributed by atoms with Crippen molar-refractivity contribution in [3.63, 3.8) is 0 Å². The van der Waals surface area contributed by atoms with E-state index in [1.807, 2.05) is 30.3 Å². The van der Waals surface area contributed by atoms with E-state index >= 15 is 0 Å². The molecule has 0 aliphatic carbocycles. The fraction of sp³-hybridized carbons (Fsp3) is 0.353. The minimum Gasteiger partial charge on any atom is -0.493 e. The van der Waals surface area contributed by atoms with Crippen molar-refractivity contribution in [3.8, 4) is 5.75 Å². The van der Waals surface area contributed by atoms with Crippen molar-refractivity contribution in [2.45, 2.75) is 19.9 Å². The van der Waals surface area contributed by atoms with Crippen molar-refractivity contribution in [3.05, 3.63) is 64.1 Å². The molecule has 0 spiro atoms. The largest absolute Gasteiger partial charge is 0.493 e. The molecule has 1 heterocycles. The molecule has 0 fully saturated rings. The third kappa shape index (κ3) is 3.73. The third-order valence-corrected chi connectivity index (χ3v) is 3.31. The van der Waals surface area contributed by atoms with Crippen LogP contribution in [0, 0.1) is 5.92 Å². The molecule has 1 atom stereocenters. The van der Waals surface area contributed by atoms with Gasteiger partial charge in [0.1, 0.15) is 5.75 Å². The van der Waals surface area contributed by atoms with Gasteiger partial charge in [0.2, 0.25) is 0 Å². The number of nitrogens with zero attached hydrogens (tertiary/aromatic N) is 1. The van der Waals surface area contributed by atoms with E-state index in [4.69, 9.17) is 10.5 Å². The van der Waals surface area contributed by atoms with Crippen LogP contribution in [0.3, 0.4) is 0 Å². The molecule has 4 nitrogen and oxygen atoms in total. The van der Waals surface area contributed by atoms with E-state index in [2.05, 4.69) is 13.8 Å². The maximum atomic E-state index is 12.1. The highest BCUT2D eigenvalue weighted by atomic mass is 16.5. The number of hydrogen-bond donors (Lipinski definition) is 1. The highest BCUT2D eigenvalue weighted by molar-refractivity contribution is 5.34. The highest BCUT2D eigenvalue weighted by Gasteiger charge is 2.13. The van der Waals surface area contributed by atoms with Gasteiger partial charge in [-0.2, -0.15) is 0 Å². The van der Waals surface area contributed by atoms with E-state index in [0.29, 0.717) is 18.1 Å². The quantitative estimate of drug-likeness (QED) is 0.918. The van der Waals surface area contributed by atoms with E-state index < -0.39 is 6.04 Å². The molecular formula is C17H22N2O2. The van der Waals surface area contributed by atoms with E-state index in [1.165, 1.54) is 4.57 Å². The van der Waals surface area contributed by atoms with Gasteiger partial charge in [0.25, 0.3) is 5.56 Å². The minimum absolute atomic E-state index is 0.0647. The van der Waals surface area contributed by atoms with E-state index in [9.17, 15) is 4.79 Å². The summed E-state index contributed by atoms with van der Waals surface area (Å²) in [7, 11) is 1.72. The predicted molar refractivity (Wildman–Crippen MR) is 84.5 cm³/mol. The minimum atomic E-state index is -0.427. The van der Waals surface area contributed by atoms with Crippen molar-refractivity contribution in [1.29, 1.82) is 0 Å². The monoisotopic (exact) mass is 286 g/mol. The molecule has 2 aromatic rings. The van der Waals surface area contributed by atoms with Crippen LogP contribution in [0.5, 0.6) is 5.75 Å². The van der Waals surface area contributed by atoms with Crippen LogP contribution < -0.4 is 16.0 Å². The smallest absolute Gasteiger partial charge is 0.255 e. The summed E-state index contributed by atoms with van der Waals surface area (Å²) in [6, 6.07) is 10.8. The summed E-state index contributed by atoms with van der Waals surface area (Å²) in [4.78, 5) is 12.1. The van der Waals surface area contributed by atoms with Crippen LogP contribution in [0.4, 0.5) is 0 Å². The normalized spacial score (nSPS) is 12.4.